The van der Waals surface area contributed by atoms with Gasteiger partial charge in [-0.25, -0.2) is 0 Å². The van der Waals surface area contributed by atoms with Crippen molar-refractivity contribution in [3.63, 3.8) is 0 Å². The second-order valence-corrected chi connectivity index (χ2v) is 6.42. The van der Waals surface area contributed by atoms with Gasteiger partial charge in [0.05, 0.1) is 23.1 Å². The first kappa shape index (κ1) is 18.3. The van der Waals surface area contributed by atoms with Crippen molar-refractivity contribution in [2.75, 3.05) is 10.6 Å². The Morgan fingerprint density at radius 3 is 2.19 bits per heavy atom. The molecule has 0 radical (unpaired) electrons. The summed E-state index contributed by atoms with van der Waals surface area (Å²) in [7, 11) is 0. The number of anilines is 2. The molecule has 0 bridgehead atoms. The lowest BCUT2D eigenvalue weighted by molar-refractivity contribution is -0.137. The summed E-state index contributed by atoms with van der Waals surface area (Å²) in [4.78, 5) is 24.3. The molecule has 0 heterocycles. The Balaban J connectivity index is 1.65. The maximum atomic E-state index is 13.1. The highest BCUT2D eigenvalue weighted by atomic mass is 35.5. The highest BCUT2D eigenvalue weighted by Gasteiger charge is 2.48. The topological polar surface area (TPSA) is 58.2 Å². The van der Waals surface area contributed by atoms with Gasteiger partial charge in [-0.15, -0.1) is 0 Å². The molecule has 2 amide bonds. The van der Waals surface area contributed by atoms with Crippen molar-refractivity contribution in [2.24, 2.45) is 11.8 Å². The molecule has 1 fully saturated rings. The van der Waals surface area contributed by atoms with E-state index in [2.05, 4.69) is 10.6 Å². The zero-order chi connectivity index (χ0) is 18.9. The average molecular weight is 383 g/mol. The number of halogens is 4. The largest absolute Gasteiger partial charge is 0.418 e. The van der Waals surface area contributed by atoms with Gasteiger partial charge in [0.1, 0.15) is 0 Å². The van der Waals surface area contributed by atoms with Crippen LogP contribution in [0.3, 0.4) is 0 Å². The standard InChI is InChI=1S/C18H14ClF3N2O2/c19-10-6-7-15(14(8-10)18(20,21)22)24-17(26)13-9-12(13)16(25)23-11-4-2-1-3-5-11/h1-8,12-13H,9H2,(H,23,25)(H,24,26). The van der Waals surface area contributed by atoms with Crippen LogP contribution in [-0.2, 0) is 15.8 Å². The summed E-state index contributed by atoms with van der Waals surface area (Å²) in [5.74, 6) is -2.16. The van der Waals surface area contributed by atoms with Gasteiger partial charge in [0.2, 0.25) is 11.8 Å². The van der Waals surface area contributed by atoms with Crippen molar-refractivity contribution in [3.8, 4) is 0 Å². The van der Waals surface area contributed by atoms with Gasteiger partial charge in [-0.3, -0.25) is 9.59 Å². The van der Waals surface area contributed by atoms with E-state index in [1.165, 1.54) is 6.07 Å². The van der Waals surface area contributed by atoms with Crippen molar-refractivity contribution in [1.82, 2.24) is 0 Å². The molecule has 0 saturated heterocycles. The molecule has 1 saturated carbocycles. The Morgan fingerprint density at radius 1 is 0.962 bits per heavy atom. The lowest BCUT2D eigenvalue weighted by atomic mass is 10.1. The Bertz CT molecular complexity index is 840. The predicted molar refractivity (Wildman–Crippen MR) is 91.8 cm³/mol. The fraction of sp³-hybridized carbons (Fsp3) is 0.222. The minimum Gasteiger partial charge on any atom is -0.326 e. The molecular weight excluding hydrogens is 369 g/mol. The molecule has 4 nitrogen and oxygen atoms in total. The van der Waals surface area contributed by atoms with E-state index < -0.39 is 29.5 Å². The summed E-state index contributed by atoms with van der Waals surface area (Å²) < 4.78 is 39.2. The quantitative estimate of drug-likeness (QED) is 0.813. The molecule has 2 atom stereocenters. The van der Waals surface area contributed by atoms with Crippen LogP contribution < -0.4 is 10.6 Å². The van der Waals surface area contributed by atoms with Crippen LogP contribution in [0, 0.1) is 11.8 Å². The van der Waals surface area contributed by atoms with Crippen LogP contribution >= 0.6 is 11.6 Å². The van der Waals surface area contributed by atoms with Crippen molar-refractivity contribution < 1.29 is 22.8 Å². The molecule has 26 heavy (non-hydrogen) atoms. The van der Waals surface area contributed by atoms with Gasteiger partial charge >= 0.3 is 6.18 Å². The Morgan fingerprint density at radius 2 is 1.58 bits per heavy atom. The number of benzene rings is 2. The second kappa shape index (κ2) is 6.99. The molecule has 0 aliphatic heterocycles. The van der Waals surface area contributed by atoms with Gasteiger partial charge < -0.3 is 10.6 Å². The number of alkyl halides is 3. The van der Waals surface area contributed by atoms with E-state index in [1.54, 1.807) is 30.3 Å². The Kier molecular flexibility index (Phi) is 4.91. The van der Waals surface area contributed by atoms with Crippen molar-refractivity contribution >= 4 is 34.8 Å². The Hall–Kier alpha value is -2.54. The van der Waals surface area contributed by atoms with E-state index in [4.69, 9.17) is 11.6 Å². The molecule has 1 aliphatic rings. The fourth-order valence-electron chi connectivity index (χ4n) is 2.62. The third-order valence-electron chi connectivity index (χ3n) is 4.05. The Labute approximate surface area is 152 Å². The monoisotopic (exact) mass is 382 g/mol. The van der Waals surface area contributed by atoms with Crippen LogP contribution in [0.2, 0.25) is 5.02 Å². The number of hydrogen-bond donors (Lipinski definition) is 2. The van der Waals surface area contributed by atoms with E-state index in [0.717, 1.165) is 12.1 Å². The van der Waals surface area contributed by atoms with E-state index in [-0.39, 0.29) is 16.6 Å². The molecule has 0 aromatic heterocycles. The van der Waals surface area contributed by atoms with Crippen LogP contribution in [0.5, 0.6) is 0 Å². The van der Waals surface area contributed by atoms with Gasteiger partial charge in [-0.1, -0.05) is 29.8 Å². The van der Waals surface area contributed by atoms with E-state index in [0.29, 0.717) is 12.1 Å². The number of nitrogens with one attached hydrogen (secondary N) is 2. The van der Waals surface area contributed by atoms with Gasteiger partial charge in [0.15, 0.2) is 0 Å². The molecular formula is C18H14ClF3N2O2. The maximum Gasteiger partial charge on any atom is 0.418 e. The molecule has 8 heteroatoms. The van der Waals surface area contributed by atoms with E-state index >= 15 is 0 Å². The number of rotatable bonds is 4. The first-order chi connectivity index (χ1) is 12.3. The molecule has 2 N–H and O–H groups in total. The van der Waals surface area contributed by atoms with Crippen LogP contribution in [0.4, 0.5) is 24.5 Å². The van der Waals surface area contributed by atoms with Crippen molar-refractivity contribution in [3.05, 3.63) is 59.1 Å². The summed E-state index contributed by atoms with van der Waals surface area (Å²) in [5, 5.41) is 4.86. The summed E-state index contributed by atoms with van der Waals surface area (Å²) in [6, 6.07) is 11.8. The van der Waals surface area contributed by atoms with Crippen LogP contribution in [0.1, 0.15) is 12.0 Å². The lowest BCUT2D eigenvalue weighted by Crippen LogP contribution is -2.22. The predicted octanol–water partition coefficient (Wildman–Crippen LogP) is 4.57. The molecule has 0 spiro atoms. The van der Waals surface area contributed by atoms with E-state index in [9.17, 15) is 22.8 Å². The lowest BCUT2D eigenvalue weighted by Gasteiger charge is -2.14. The summed E-state index contributed by atoms with van der Waals surface area (Å²) in [5.41, 5.74) is -0.800. The van der Waals surface area contributed by atoms with Gasteiger partial charge in [0, 0.05) is 10.7 Å². The second-order valence-electron chi connectivity index (χ2n) is 5.98. The smallest absolute Gasteiger partial charge is 0.326 e. The van der Waals surface area contributed by atoms with Crippen molar-refractivity contribution in [2.45, 2.75) is 12.6 Å². The van der Waals surface area contributed by atoms with Gasteiger partial charge in [-0.05, 0) is 36.8 Å². The fourth-order valence-corrected chi connectivity index (χ4v) is 2.79. The third kappa shape index (κ3) is 4.16. The SMILES string of the molecule is O=C(Nc1ccccc1)C1CC1C(=O)Nc1ccc(Cl)cc1C(F)(F)F. The summed E-state index contributed by atoms with van der Waals surface area (Å²) in [6.45, 7) is 0. The number of carbonyl (C=O) groups is 2. The zero-order valence-electron chi connectivity index (χ0n) is 13.3. The molecule has 2 aromatic carbocycles. The molecule has 2 unspecified atom stereocenters. The van der Waals surface area contributed by atoms with Crippen LogP contribution in [0.25, 0.3) is 0 Å². The average Bonchev–Trinajstić information content (AvgIpc) is 3.37. The number of hydrogen-bond acceptors (Lipinski definition) is 2. The van der Waals surface area contributed by atoms with Crippen LogP contribution in [0.15, 0.2) is 48.5 Å². The van der Waals surface area contributed by atoms with Gasteiger partial charge in [-0.2, -0.15) is 13.2 Å². The first-order valence-electron chi connectivity index (χ1n) is 7.79. The van der Waals surface area contributed by atoms with E-state index in [1.807, 2.05) is 0 Å². The number of carbonyl (C=O) groups excluding carboxylic acids is 2. The number of para-hydroxylation sites is 1. The molecule has 2 aromatic rings. The maximum absolute atomic E-state index is 13.1. The minimum absolute atomic E-state index is 0.0816. The number of amides is 2. The first-order valence-corrected chi connectivity index (χ1v) is 8.17. The summed E-state index contributed by atoms with van der Waals surface area (Å²) >= 11 is 5.61. The third-order valence-corrected chi connectivity index (χ3v) is 4.29. The zero-order valence-corrected chi connectivity index (χ0v) is 14.1. The molecule has 1 aliphatic carbocycles. The normalized spacial score (nSPS) is 18.9. The highest BCUT2D eigenvalue weighted by molar-refractivity contribution is 6.30. The van der Waals surface area contributed by atoms with Crippen molar-refractivity contribution in [1.29, 1.82) is 0 Å². The molecule has 3 rings (SSSR count). The van der Waals surface area contributed by atoms with Crippen LogP contribution in [-0.4, -0.2) is 11.8 Å². The molecule has 136 valence electrons. The highest BCUT2D eigenvalue weighted by Crippen LogP contribution is 2.42. The minimum atomic E-state index is -4.65. The van der Waals surface area contributed by atoms with Gasteiger partial charge in [0.25, 0.3) is 0 Å². The summed E-state index contributed by atoms with van der Waals surface area (Å²) in [6.07, 6.45) is -4.36.